The predicted molar refractivity (Wildman–Crippen MR) is 272 cm³/mol. The molecule has 0 radical (unpaired) electrons. The van der Waals surface area contributed by atoms with Crippen LogP contribution in [0.3, 0.4) is 0 Å². The standard InChI is InChI=1S/C50H102O6S4/c1-9-17-41-51-49(52-42-18-10-2,53-43-19-11-3)39-35-31-27-23-25-29-33-37-47(15-7)57-59-60-58-48(16-8)38-34-30-26-24-28-32-36-40-50(54-44-20-12-4,55-45-21-13-5)56-46-22-14-6/h47-48H,9-46H2,1-8H3. The van der Waals surface area contributed by atoms with Crippen LogP contribution in [-0.4, -0.2) is 62.1 Å². The van der Waals surface area contributed by atoms with Gasteiger partial charge in [-0.2, -0.15) is 0 Å². The third kappa shape index (κ3) is 36.4. The van der Waals surface area contributed by atoms with E-state index in [1.807, 2.05) is 19.7 Å². The number of rotatable bonds is 51. The van der Waals surface area contributed by atoms with Gasteiger partial charge in [-0.15, -0.1) is 0 Å². The van der Waals surface area contributed by atoms with E-state index in [0.29, 0.717) is 39.6 Å². The highest BCUT2D eigenvalue weighted by Crippen LogP contribution is 2.49. The van der Waals surface area contributed by atoms with Crippen molar-refractivity contribution in [1.82, 2.24) is 0 Å². The summed E-state index contributed by atoms with van der Waals surface area (Å²) in [5.41, 5.74) is 0. The van der Waals surface area contributed by atoms with Crippen molar-refractivity contribution in [1.29, 1.82) is 0 Å². The Balaban J connectivity index is 4.22. The Morgan fingerprint density at radius 1 is 0.300 bits per heavy atom. The topological polar surface area (TPSA) is 55.4 Å². The zero-order valence-electron chi connectivity index (χ0n) is 41.1. The van der Waals surface area contributed by atoms with E-state index < -0.39 is 11.9 Å². The molecule has 0 aromatic rings. The van der Waals surface area contributed by atoms with Crippen molar-refractivity contribution in [2.45, 2.75) is 283 Å². The molecule has 0 fully saturated rings. The highest BCUT2D eigenvalue weighted by Gasteiger charge is 2.34. The Bertz CT molecular complexity index is 724. The van der Waals surface area contributed by atoms with Crippen LogP contribution in [0.4, 0.5) is 0 Å². The maximum Gasteiger partial charge on any atom is 0.282 e. The van der Waals surface area contributed by atoms with Gasteiger partial charge in [-0.3, -0.25) is 0 Å². The largest absolute Gasteiger partial charge is 0.327 e. The summed E-state index contributed by atoms with van der Waals surface area (Å²) in [7, 11) is 8.33. The smallest absolute Gasteiger partial charge is 0.282 e. The Labute approximate surface area is 390 Å². The molecule has 0 saturated heterocycles. The summed E-state index contributed by atoms with van der Waals surface area (Å²) >= 11 is 0. The molecule has 0 spiro atoms. The molecule has 0 aliphatic rings. The lowest BCUT2D eigenvalue weighted by Crippen LogP contribution is -2.40. The lowest BCUT2D eigenvalue weighted by molar-refractivity contribution is -0.384. The van der Waals surface area contributed by atoms with Crippen molar-refractivity contribution in [2.75, 3.05) is 39.6 Å². The van der Waals surface area contributed by atoms with Crippen LogP contribution in [0.1, 0.15) is 261 Å². The van der Waals surface area contributed by atoms with Crippen LogP contribution >= 0.6 is 41.2 Å². The van der Waals surface area contributed by atoms with E-state index >= 15 is 0 Å². The molecule has 0 heterocycles. The van der Waals surface area contributed by atoms with Gasteiger partial charge in [0.2, 0.25) is 0 Å². The SMILES string of the molecule is CCCCOC(CCCCCCCCCC(CC)SSSSC(CC)CCCCCCCCCC(OCCCC)(OCCCC)OCCCC)(OCCCC)OCCCC. The first-order valence-corrected chi connectivity index (χ1v) is 30.9. The molecule has 0 rings (SSSR count). The second-order valence-corrected chi connectivity index (χ2v) is 23.4. The van der Waals surface area contributed by atoms with Gasteiger partial charge >= 0.3 is 0 Å². The van der Waals surface area contributed by atoms with Gasteiger partial charge in [-0.05, 0) is 96.7 Å². The van der Waals surface area contributed by atoms with Gasteiger partial charge in [0.1, 0.15) is 0 Å². The van der Waals surface area contributed by atoms with Crippen LogP contribution in [0, 0.1) is 0 Å². The van der Waals surface area contributed by atoms with Gasteiger partial charge in [0.15, 0.2) is 0 Å². The molecule has 10 heteroatoms. The molecule has 0 bridgehead atoms. The van der Waals surface area contributed by atoms with Crippen molar-refractivity contribution >= 4 is 41.2 Å². The summed E-state index contributed by atoms with van der Waals surface area (Å²) in [4.78, 5) is 0. The summed E-state index contributed by atoms with van der Waals surface area (Å²) < 4.78 is 37.9. The second kappa shape index (κ2) is 46.7. The minimum atomic E-state index is -0.841. The predicted octanol–water partition coefficient (Wildman–Crippen LogP) is 18.5. The summed E-state index contributed by atoms with van der Waals surface area (Å²) in [6.45, 7) is 22.3. The van der Waals surface area contributed by atoms with E-state index in [9.17, 15) is 0 Å². The molecular weight excluding hydrogens is 825 g/mol. The molecule has 2 atom stereocenters. The van der Waals surface area contributed by atoms with Gasteiger partial charge in [-0.25, -0.2) is 0 Å². The fourth-order valence-corrected chi connectivity index (χ4v) is 14.5. The lowest BCUT2D eigenvalue weighted by atomic mass is 10.1. The first kappa shape index (κ1) is 61.2. The number of hydrogen-bond donors (Lipinski definition) is 0. The zero-order chi connectivity index (χ0) is 44.1. The Morgan fingerprint density at radius 3 is 0.767 bits per heavy atom. The Kier molecular flexibility index (Phi) is 47.6. The van der Waals surface area contributed by atoms with Crippen LogP contribution in [-0.2, 0) is 28.4 Å². The van der Waals surface area contributed by atoms with Crippen molar-refractivity contribution in [3.63, 3.8) is 0 Å². The average molecular weight is 928 g/mol. The van der Waals surface area contributed by atoms with Crippen molar-refractivity contribution in [3.8, 4) is 0 Å². The summed E-state index contributed by atoms with van der Waals surface area (Å²) in [6, 6.07) is 0. The molecule has 0 aromatic carbocycles. The van der Waals surface area contributed by atoms with Gasteiger partial charge < -0.3 is 28.4 Å². The van der Waals surface area contributed by atoms with Gasteiger partial charge in [0.05, 0.1) is 39.6 Å². The fraction of sp³-hybridized carbons (Fsp3) is 1.00. The first-order valence-electron chi connectivity index (χ1n) is 25.9. The average Bonchev–Trinajstić information content (AvgIpc) is 3.25. The minimum Gasteiger partial charge on any atom is -0.327 e. The molecule has 0 aromatic heterocycles. The Morgan fingerprint density at radius 2 is 0.533 bits per heavy atom. The minimum absolute atomic E-state index is 0.715. The second-order valence-electron chi connectivity index (χ2n) is 17.0. The quantitative estimate of drug-likeness (QED) is 0.0335. The number of hydrogen-bond acceptors (Lipinski definition) is 10. The van der Waals surface area contributed by atoms with Crippen molar-refractivity contribution in [3.05, 3.63) is 0 Å². The van der Waals surface area contributed by atoms with E-state index in [0.717, 1.165) is 113 Å². The molecule has 0 aliphatic carbocycles. The normalized spacial score (nSPS) is 13.4. The molecule has 0 saturated carbocycles. The number of ether oxygens (including phenoxy) is 6. The molecule has 0 amide bonds. The maximum absolute atomic E-state index is 6.32. The molecule has 362 valence electrons. The van der Waals surface area contributed by atoms with Crippen molar-refractivity contribution < 1.29 is 28.4 Å². The fourth-order valence-electron chi connectivity index (χ4n) is 6.89. The summed E-state index contributed by atoms with van der Waals surface area (Å²) in [6.07, 6.45) is 38.1. The monoisotopic (exact) mass is 927 g/mol. The lowest BCUT2D eigenvalue weighted by Gasteiger charge is -2.33. The van der Waals surface area contributed by atoms with Gasteiger partial charge in [0.25, 0.3) is 11.9 Å². The van der Waals surface area contributed by atoms with Crippen LogP contribution in [0.15, 0.2) is 0 Å². The third-order valence-corrected chi connectivity index (χ3v) is 18.8. The molecule has 60 heavy (non-hydrogen) atoms. The van der Waals surface area contributed by atoms with Crippen LogP contribution < -0.4 is 0 Å². The third-order valence-electron chi connectivity index (χ3n) is 11.2. The molecule has 2 unspecified atom stereocenters. The van der Waals surface area contributed by atoms with E-state index in [1.54, 1.807) is 0 Å². The molecule has 0 aliphatic heterocycles. The molecule has 0 N–H and O–H groups in total. The highest BCUT2D eigenvalue weighted by molar-refractivity contribution is 9.26. The highest BCUT2D eigenvalue weighted by atomic mass is 33.7. The first-order chi connectivity index (χ1) is 29.4. The van der Waals surface area contributed by atoms with Crippen LogP contribution in [0.2, 0.25) is 0 Å². The van der Waals surface area contributed by atoms with E-state index in [2.05, 4.69) is 77.0 Å². The maximum atomic E-state index is 6.32. The summed E-state index contributed by atoms with van der Waals surface area (Å²) in [5.74, 6) is -1.68. The molecular formula is C50H102O6S4. The van der Waals surface area contributed by atoms with Crippen molar-refractivity contribution in [2.24, 2.45) is 0 Å². The van der Waals surface area contributed by atoms with Crippen LogP contribution in [0.5, 0.6) is 0 Å². The van der Waals surface area contributed by atoms with Gasteiger partial charge in [0, 0.05) is 23.3 Å². The zero-order valence-corrected chi connectivity index (χ0v) is 44.4. The summed E-state index contributed by atoms with van der Waals surface area (Å²) in [5, 5.41) is 1.55. The number of unbranched alkanes of at least 4 members (excludes halogenated alkanes) is 18. The van der Waals surface area contributed by atoms with E-state index in [4.69, 9.17) is 28.4 Å². The van der Waals surface area contributed by atoms with Crippen LogP contribution in [0.25, 0.3) is 0 Å². The Hall–Kier alpha value is 1.16. The molecule has 6 nitrogen and oxygen atoms in total. The van der Waals surface area contributed by atoms with E-state index in [-0.39, 0.29) is 0 Å². The van der Waals surface area contributed by atoms with E-state index in [1.165, 1.54) is 103 Å². The van der Waals surface area contributed by atoms with Gasteiger partial charge in [-0.1, -0.05) is 193 Å².